The highest BCUT2D eigenvalue weighted by Gasteiger charge is 2.10. The second-order valence-electron chi connectivity index (χ2n) is 3.37. The number of halogens is 2. The molecule has 0 radical (unpaired) electrons. The summed E-state index contributed by atoms with van der Waals surface area (Å²) in [6.45, 7) is 0. The van der Waals surface area contributed by atoms with Crippen LogP contribution in [0.2, 0.25) is 5.02 Å². The third-order valence-corrected chi connectivity index (χ3v) is 2.58. The Balaban J connectivity index is 2.48. The molecule has 0 saturated heterocycles. The van der Waals surface area contributed by atoms with Gasteiger partial charge in [-0.2, -0.15) is 0 Å². The van der Waals surface area contributed by atoms with Crippen LogP contribution in [0.4, 0.5) is 4.39 Å². The molecule has 2 rings (SSSR count). The van der Waals surface area contributed by atoms with Gasteiger partial charge in [-0.3, -0.25) is 0 Å². The van der Waals surface area contributed by atoms with Gasteiger partial charge in [0.1, 0.15) is 11.6 Å². The summed E-state index contributed by atoms with van der Waals surface area (Å²) in [5.41, 5.74) is 1.05. The molecule has 1 N–H and O–H groups in total. The lowest BCUT2D eigenvalue weighted by atomic mass is 10.1. The van der Waals surface area contributed by atoms with Gasteiger partial charge in [-0.05, 0) is 12.1 Å². The number of phenols is 1. The van der Waals surface area contributed by atoms with E-state index in [2.05, 4.69) is 4.98 Å². The van der Waals surface area contributed by atoms with Crippen LogP contribution in [0.5, 0.6) is 11.6 Å². The number of nitrogens with zero attached hydrogens (tertiary/aromatic N) is 1. The number of hydrogen-bond donors (Lipinski definition) is 1. The molecule has 2 aromatic rings. The number of phenolic OH excluding ortho intramolecular Hbond substituents is 1. The summed E-state index contributed by atoms with van der Waals surface area (Å²) in [6.07, 6.45) is 1.52. The first-order valence-corrected chi connectivity index (χ1v) is 5.18. The number of pyridine rings is 1. The molecule has 0 bridgehead atoms. The van der Waals surface area contributed by atoms with Crippen molar-refractivity contribution in [3.63, 3.8) is 0 Å². The standard InChI is InChI=1S/C12H9ClFNO2/c1-17-12-3-2-7(6-15-12)8-4-9(13)10(14)5-11(8)16/h2-6,16H,1H3. The van der Waals surface area contributed by atoms with E-state index in [1.165, 1.54) is 19.4 Å². The minimum absolute atomic E-state index is 0.0476. The van der Waals surface area contributed by atoms with Crippen molar-refractivity contribution in [3.8, 4) is 22.8 Å². The number of rotatable bonds is 2. The molecule has 3 nitrogen and oxygen atoms in total. The third-order valence-electron chi connectivity index (χ3n) is 2.30. The van der Waals surface area contributed by atoms with Crippen LogP contribution in [-0.2, 0) is 0 Å². The van der Waals surface area contributed by atoms with Gasteiger partial charge in [0.25, 0.3) is 0 Å². The maximum absolute atomic E-state index is 13.1. The lowest BCUT2D eigenvalue weighted by Gasteiger charge is -2.06. The Hall–Kier alpha value is -1.81. The monoisotopic (exact) mass is 253 g/mol. The zero-order chi connectivity index (χ0) is 12.4. The first kappa shape index (κ1) is 11.7. The van der Waals surface area contributed by atoms with Crippen molar-refractivity contribution in [2.45, 2.75) is 0 Å². The Bertz CT molecular complexity index is 543. The molecule has 0 amide bonds. The first-order valence-electron chi connectivity index (χ1n) is 4.80. The number of benzene rings is 1. The van der Waals surface area contributed by atoms with Gasteiger partial charge in [0, 0.05) is 29.5 Å². The Kier molecular flexibility index (Phi) is 3.15. The maximum atomic E-state index is 13.1. The quantitative estimate of drug-likeness (QED) is 0.893. The predicted octanol–water partition coefficient (Wildman–Crippen LogP) is 3.26. The molecular weight excluding hydrogens is 245 g/mol. The predicted molar refractivity (Wildman–Crippen MR) is 62.9 cm³/mol. The van der Waals surface area contributed by atoms with Crippen LogP contribution < -0.4 is 4.74 Å². The Morgan fingerprint density at radius 1 is 1.35 bits per heavy atom. The van der Waals surface area contributed by atoms with Crippen molar-refractivity contribution >= 4 is 11.6 Å². The fraction of sp³-hybridized carbons (Fsp3) is 0.0833. The number of methoxy groups -OCH3 is 1. The average Bonchev–Trinajstić information content (AvgIpc) is 2.34. The Morgan fingerprint density at radius 2 is 2.12 bits per heavy atom. The van der Waals surface area contributed by atoms with Crippen LogP contribution >= 0.6 is 11.6 Å². The zero-order valence-electron chi connectivity index (χ0n) is 8.95. The summed E-state index contributed by atoms with van der Waals surface area (Å²) >= 11 is 5.66. The van der Waals surface area contributed by atoms with E-state index in [0.717, 1.165) is 6.07 Å². The normalized spacial score (nSPS) is 10.3. The van der Waals surface area contributed by atoms with E-state index in [4.69, 9.17) is 16.3 Å². The highest BCUT2D eigenvalue weighted by Crippen LogP contribution is 2.33. The van der Waals surface area contributed by atoms with Gasteiger partial charge in [0.2, 0.25) is 5.88 Å². The molecule has 0 aliphatic carbocycles. The van der Waals surface area contributed by atoms with Gasteiger partial charge < -0.3 is 9.84 Å². The van der Waals surface area contributed by atoms with E-state index < -0.39 is 5.82 Å². The minimum Gasteiger partial charge on any atom is -0.507 e. The van der Waals surface area contributed by atoms with Crippen LogP contribution in [0.15, 0.2) is 30.5 Å². The summed E-state index contributed by atoms with van der Waals surface area (Å²) in [6, 6.07) is 5.68. The molecule has 0 aliphatic rings. The van der Waals surface area contributed by atoms with E-state index in [9.17, 15) is 9.50 Å². The van der Waals surface area contributed by atoms with Crippen molar-refractivity contribution in [3.05, 3.63) is 41.3 Å². The van der Waals surface area contributed by atoms with E-state index in [0.29, 0.717) is 17.0 Å². The van der Waals surface area contributed by atoms with E-state index in [1.54, 1.807) is 12.1 Å². The Morgan fingerprint density at radius 3 is 2.71 bits per heavy atom. The lowest BCUT2D eigenvalue weighted by Crippen LogP contribution is -1.88. The van der Waals surface area contributed by atoms with E-state index in [1.807, 2.05) is 0 Å². The smallest absolute Gasteiger partial charge is 0.212 e. The van der Waals surface area contributed by atoms with Gasteiger partial charge in [-0.1, -0.05) is 11.6 Å². The third kappa shape index (κ3) is 2.31. The van der Waals surface area contributed by atoms with Gasteiger partial charge in [-0.25, -0.2) is 9.37 Å². The van der Waals surface area contributed by atoms with Gasteiger partial charge in [-0.15, -0.1) is 0 Å². The van der Waals surface area contributed by atoms with Crippen LogP contribution in [0.1, 0.15) is 0 Å². The molecule has 0 fully saturated rings. The van der Waals surface area contributed by atoms with Crippen molar-refractivity contribution < 1.29 is 14.2 Å². The molecular formula is C12H9ClFNO2. The summed E-state index contributed by atoms with van der Waals surface area (Å²) in [7, 11) is 1.51. The zero-order valence-corrected chi connectivity index (χ0v) is 9.70. The summed E-state index contributed by atoms with van der Waals surface area (Å²) in [4.78, 5) is 4.00. The van der Waals surface area contributed by atoms with Gasteiger partial charge in [0.15, 0.2) is 0 Å². The molecule has 0 atom stereocenters. The maximum Gasteiger partial charge on any atom is 0.212 e. The molecule has 0 saturated carbocycles. The lowest BCUT2D eigenvalue weighted by molar-refractivity contribution is 0.398. The van der Waals surface area contributed by atoms with Gasteiger partial charge >= 0.3 is 0 Å². The summed E-state index contributed by atoms with van der Waals surface area (Å²) in [5, 5.41) is 9.59. The van der Waals surface area contributed by atoms with Crippen LogP contribution in [0.3, 0.4) is 0 Å². The number of aromatic hydroxyl groups is 1. The highest BCUT2D eigenvalue weighted by molar-refractivity contribution is 6.31. The summed E-state index contributed by atoms with van der Waals surface area (Å²) in [5.74, 6) is -0.380. The average molecular weight is 254 g/mol. The van der Waals surface area contributed by atoms with E-state index >= 15 is 0 Å². The molecule has 1 heterocycles. The van der Waals surface area contributed by atoms with Crippen molar-refractivity contribution in [2.24, 2.45) is 0 Å². The van der Waals surface area contributed by atoms with Crippen molar-refractivity contribution in [2.75, 3.05) is 7.11 Å². The minimum atomic E-state index is -0.658. The van der Waals surface area contributed by atoms with E-state index in [-0.39, 0.29) is 10.8 Å². The molecule has 1 aromatic carbocycles. The molecule has 1 aromatic heterocycles. The SMILES string of the molecule is COc1ccc(-c2cc(Cl)c(F)cc2O)cn1. The van der Waals surface area contributed by atoms with Crippen molar-refractivity contribution in [1.29, 1.82) is 0 Å². The van der Waals surface area contributed by atoms with Crippen LogP contribution in [0.25, 0.3) is 11.1 Å². The molecule has 0 spiro atoms. The van der Waals surface area contributed by atoms with Crippen LogP contribution in [0, 0.1) is 5.82 Å². The molecule has 17 heavy (non-hydrogen) atoms. The number of ether oxygens (including phenoxy) is 1. The topological polar surface area (TPSA) is 42.4 Å². The van der Waals surface area contributed by atoms with Crippen LogP contribution in [-0.4, -0.2) is 17.2 Å². The number of hydrogen-bond acceptors (Lipinski definition) is 3. The second kappa shape index (κ2) is 4.59. The molecule has 5 heteroatoms. The first-order chi connectivity index (χ1) is 8.11. The number of aromatic nitrogens is 1. The summed E-state index contributed by atoms with van der Waals surface area (Å²) < 4.78 is 18.0. The Labute approximate surface area is 102 Å². The fourth-order valence-corrected chi connectivity index (χ4v) is 1.59. The molecule has 0 unspecified atom stereocenters. The molecule has 0 aliphatic heterocycles. The second-order valence-corrected chi connectivity index (χ2v) is 3.78. The highest BCUT2D eigenvalue weighted by atomic mass is 35.5. The van der Waals surface area contributed by atoms with Gasteiger partial charge in [0.05, 0.1) is 12.1 Å². The largest absolute Gasteiger partial charge is 0.507 e. The molecule has 88 valence electrons. The van der Waals surface area contributed by atoms with Crippen molar-refractivity contribution in [1.82, 2.24) is 4.98 Å². The fourth-order valence-electron chi connectivity index (χ4n) is 1.43.